The van der Waals surface area contributed by atoms with Crippen molar-refractivity contribution in [1.29, 1.82) is 0 Å². The third-order valence-corrected chi connectivity index (χ3v) is 16.0. The number of hydrogen-bond donors (Lipinski definition) is 0. The molecule has 0 aliphatic carbocycles. The fourth-order valence-corrected chi connectivity index (χ4v) is 14.6. The van der Waals surface area contributed by atoms with E-state index in [1.165, 1.54) is 48.1 Å². The zero-order valence-electron chi connectivity index (χ0n) is 15.6. The van der Waals surface area contributed by atoms with Crippen LogP contribution in [0.2, 0.25) is 0 Å². The highest BCUT2D eigenvalue weighted by Crippen LogP contribution is 2.67. The molecule has 30 heavy (non-hydrogen) atoms. The Bertz CT molecular complexity index is 926. The summed E-state index contributed by atoms with van der Waals surface area (Å²) in [5, 5.41) is 0. The fourth-order valence-electron chi connectivity index (χ4n) is 2.59. The third-order valence-electron chi connectivity index (χ3n) is 4.03. The third kappa shape index (κ3) is 5.62. The molecule has 3 aliphatic heterocycles. The molecule has 0 unspecified atom stereocenters. The maximum atomic E-state index is 4.14. The summed E-state index contributed by atoms with van der Waals surface area (Å²) in [7, 11) is 0. The summed E-state index contributed by atoms with van der Waals surface area (Å²) >= 11 is 15.9. The molecule has 0 atom stereocenters. The molecule has 5 heterocycles. The molecule has 0 aromatic carbocycles. The van der Waals surface area contributed by atoms with Crippen molar-refractivity contribution in [3.8, 4) is 0 Å². The van der Waals surface area contributed by atoms with Gasteiger partial charge in [-0.1, -0.05) is 47.0 Å². The summed E-state index contributed by atoms with van der Waals surface area (Å²) in [5.41, 5.74) is 2.64. The molecule has 0 bridgehead atoms. The standard InChI is InChI=1S/C20H16N2S8/c1-5-21-6-2-13(1)11-25-17-18(26-12-14-3-7-22-8-4-14)30-20(29-17)19-27-15-16(28-19)24-10-9-23-15/h1-8H,9-12H2. The largest absolute Gasteiger partial charge is 0.265 e. The van der Waals surface area contributed by atoms with Gasteiger partial charge in [-0.15, -0.1) is 47.0 Å². The average Bonchev–Trinajstić information content (AvgIpc) is 3.42. The number of rotatable bonds is 6. The second-order valence-corrected chi connectivity index (χ2v) is 15.9. The molecule has 3 aliphatic rings. The first-order chi connectivity index (χ1) is 14.8. The zero-order valence-corrected chi connectivity index (χ0v) is 22.1. The quantitative estimate of drug-likeness (QED) is 0.355. The van der Waals surface area contributed by atoms with Gasteiger partial charge in [-0.25, -0.2) is 0 Å². The minimum absolute atomic E-state index is 0.980. The minimum Gasteiger partial charge on any atom is -0.265 e. The Morgan fingerprint density at radius 3 is 1.50 bits per heavy atom. The molecule has 0 radical (unpaired) electrons. The van der Waals surface area contributed by atoms with Crippen molar-refractivity contribution in [3.63, 3.8) is 0 Å². The van der Waals surface area contributed by atoms with Crippen molar-refractivity contribution >= 4 is 94.1 Å². The van der Waals surface area contributed by atoms with Gasteiger partial charge in [-0.2, -0.15) is 0 Å². The Labute approximate surface area is 210 Å². The molecule has 2 aromatic heterocycles. The van der Waals surface area contributed by atoms with Crippen LogP contribution in [0.5, 0.6) is 0 Å². The van der Waals surface area contributed by atoms with E-state index in [1.807, 2.05) is 119 Å². The normalized spacial score (nSPS) is 19.1. The summed E-state index contributed by atoms with van der Waals surface area (Å²) in [6.45, 7) is 0. The monoisotopic (exact) mass is 540 g/mol. The molecular weight excluding hydrogens is 525 g/mol. The summed E-state index contributed by atoms with van der Waals surface area (Å²) in [6.07, 6.45) is 7.52. The SMILES string of the molecule is c1cc(CSC2=C(SCc3ccncc3)SC(=C3SC4=C(SCCS4)S3)S2)ccn1. The maximum absolute atomic E-state index is 4.14. The lowest BCUT2D eigenvalue weighted by Crippen LogP contribution is -1.88. The highest BCUT2D eigenvalue weighted by atomic mass is 32.3. The second-order valence-electron chi connectivity index (χ2n) is 6.12. The van der Waals surface area contributed by atoms with Crippen LogP contribution in [0.4, 0.5) is 0 Å². The molecule has 0 saturated carbocycles. The second kappa shape index (κ2) is 11.0. The van der Waals surface area contributed by atoms with Crippen molar-refractivity contribution < 1.29 is 0 Å². The van der Waals surface area contributed by atoms with Gasteiger partial charge in [0.25, 0.3) is 0 Å². The molecule has 154 valence electrons. The van der Waals surface area contributed by atoms with Crippen LogP contribution in [-0.2, 0) is 11.5 Å². The molecule has 10 heteroatoms. The van der Waals surface area contributed by atoms with Gasteiger partial charge >= 0.3 is 0 Å². The smallest absolute Gasteiger partial charge is 0.0717 e. The van der Waals surface area contributed by atoms with Gasteiger partial charge in [0.15, 0.2) is 0 Å². The van der Waals surface area contributed by atoms with E-state index >= 15 is 0 Å². The Morgan fingerprint density at radius 1 is 0.600 bits per heavy atom. The average molecular weight is 541 g/mol. The molecule has 2 nitrogen and oxygen atoms in total. The first kappa shape index (κ1) is 22.1. The lowest BCUT2D eigenvalue weighted by molar-refractivity contribution is 1.27. The van der Waals surface area contributed by atoms with Crippen molar-refractivity contribution in [2.24, 2.45) is 0 Å². The zero-order chi connectivity index (χ0) is 20.2. The van der Waals surface area contributed by atoms with Gasteiger partial charge in [0.1, 0.15) is 0 Å². The highest BCUT2D eigenvalue weighted by molar-refractivity contribution is 8.45. The van der Waals surface area contributed by atoms with Gasteiger partial charge in [-0.05, 0) is 35.4 Å². The van der Waals surface area contributed by atoms with E-state index in [-0.39, 0.29) is 0 Å². The lowest BCUT2D eigenvalue weighted by atomic mass is 10.3. The molecule has 0 spiro atoms. The number of hydrogen-bond acceptors (Lipinski definition) is 10. The summed E-state index contributed by atoms with van der Waals surface area (Å²) in [4.78, 5) is 8.28. The first-order valence-electron chi connectivity index (χ1n) is 9.08. The van der Waals surface area contributed by atoms with Gasteiger partial charge in [-0.3, -0.25) is 9.97 Å². The van der Waals surface area contributed by atoms with E-state index in [4.69, 9.17) is 0 Å². The topological polar surface area (TPSA) is 25.8 Å². The molecular formula is C20H16N2S8. The lowest BCUT2D eigenvalue weighted by Gasteiger charge is -2.08. The Morgan fingerprint density at radius 2 is 1.03 bits per heavy atom. The van der Waals surface area contributed by atoms with Crippen LogP contribution in [0.3, 0.4) is 0 Å². The summed E-state index contributed by atoms with van der Waals surface area (Å²) < 4.78 is 8.83. The molecule has 0 amide bonds. The predicted octanol–water partition coefficient (Wildman–Crippen LogP) is 8.46. The van der Waals surface area contributed by atoms with Gasteiger partial charge in [0, 0.05) is 47.8 Å². The van der Waals surface area contributed by atoms with E-state index in [2.05, 4.69) is 34.2 Å². The first-order valence-corrected chi connectivity index (χ1v) is 16.3. The van der Waals surface area contributed by atoms with Crippen LogP contribution >= 0.6 is 94.1 Å². The van der Waals surface area contributed by atoms with Crippen LogP contribution in [-0.4, -0.2) is 21.5 Å². The summed E-state index contributed by atoms with van der Waals surface area (Å²) in [5.74, 6) is 4.43. The van der Waals surface area contributed by atoms with Crippen LogP contribution in [0.1, 0.15) is 11.1 Å². The number of nitrogens with zero attached hydrogens (tertiary/aromatic N) is 2. The maximum Gasteiger partial charge on any atom is 0.0717 e. The van der Waals surface area contributed by atoms with E-state index < -0.39 is 0 Å². The van der Waals surface area contributed by atoms with Crippen LogP contribution in [0.15, 0.2) is 74.5 Å². The van der Waals surface area contributed by atoms with E-state index in [0.29, 0.717) is 0 Å². The van der Waals surface area contributed by atoms with Gasteiger partial charge in [0.2, 0.25) is 0 Å². The number of pyridine rings is 2. The van der Waals surface area contributed by atoms with E-state index in [9.17, 15) is 0 Å². The molecule has 0 saturated heterocycles. The van der Waals surface area contributed by atoms with Gasteiger partial charge in [0.05, 0.1) is 25.4 Å². The summed E-state index contributed by atoms with van der Waals surface area (Å²) in [6, 6.07) is 8.44. The van der Waals surface area contributed by atoms with Crippen LogP contribution < -0.4 is 0 Å². The molecule has 0 fully saturated rings. The van der Waals surface area contributed by atoms with Crippen molar-refractivity contribution in [1.82, 2.24) is 9.97 Å². The van der Waals surface area contributed by atoms with E-state index in [0.717, 1.165) is 11.5 Å². The van der Waals surface area contributed by atoms with Crippen molar-refractivity contribution in [2.45, 2.75) is 11.5 Å². The van der Waals surface area contributed by atoms with E-state index in [1.54, 1.807) is 0 Å². The van der Waals surface area contributed by atoms with Crippen LogP contribution in [0.25, 0.3) is 0 Å². The Kier molecular flexibility index (Phi) is 8.08. The molecule has 2 aromatic rings. The van der Waals surface area contributed by atoms with Crippen molar-refractivity contribution in [2.75, 3.05) is 11.5 Å². The van der Waals surface area contributed by atoms with Gasteiger partial charge < -0.3 is 0 Å². The molecule has 0 N–H and O–H groups in total. The Balaban J connectivity index is 1.31. The number of thioether (sulfide) groups is 8. The van der Waals surface area contributed by atoms with Crippen molar-refractivity contribution in [3.05, 3.63) is 85.6 Å². The van der Waals surface area contributed by atoms with Crippen LogP contribution in [0, 0.1) is 0 Å². The minimum atomic E-state index is 0.980. The number of aromatic nitrogens is 2. The molecule has 5 rings (SSSR count). The predicted molar refractivity (Wildman–Crippen MR) is 147 cm³/mol. The highest BCUT2D eigenvalue weighted by Gasteiger charge is 2.32. The Hall–Kier alpha value is 0.320. The fraction of sp³-hybridized carbons (Fsp3) is 0.200.